The Bertz CT molecular complexity index is 1690. The number of imidazole rings is 1. The maximum Gasteiger partial charge on any atom is 0.234 e. The molecule has 0 bridgehead atoms. The Balaban J connectivity index is 1.25. The maximum atomic E-state index is 13.8. The third-order valence-corrected chi connectivity index (χ3v) is 7.31. The number of carbonyl (C=O) groups is 1. The number of aromatic nitrogens is 4. The van der Waals surface area contributed by atoms with Crippen molar-refractivity contribution in [3.8, 4) is 22.6 Å². The van der Waals surface area contributed by atoms with Crippen molar-refractivity contribution in [2.45, 2.75) is 26.2 Å². The summed E-state index contributed by atoms with van der Waals surface area (Å²) >= 11 is 0. The first-order valence-corrected chi connectivity index (χ1v) is 14.0. The lowest BCUT2D eigenvalue weighted by molar-refractivity contribution is -0.229. The van der Waals surface area contributed by atoms with Crippen LogP contribution in [0.5, 0.6) is 0 Å². The molecule has 3 aromatic carbocycles. The van der Waals surface area contributed by atoms with Crippen molar-refractivity contribution in [3.05, 3.63) is 114 Å². The zero-order chi connectivity index (χ0) is 29.8. The Hall–Kier alpha value is -4.93. The summed E-state index contributed by atoms with van der Waals surface area (Å²) in [7, 11) is 0. The number of ether oxygens (including phenoxy) is 2. The molecule has 1 aliphatic rings. The molecule has 3 N–H and O–H groups in total. The molecule has 1 amide bonds. The smallest absolute Gasteiger partial charge is 0.234 e. The Labute approximate surface area is 248 Å². The average Bonchev–Trinajstić information content (AvgIpc) is 3.48. The van der Waals surface area contributed by atoms with Crippen LogP contribution in [0.4, 0.5) is 16.0 Å². The van der Waals surface area contributed by atoms with Crippen molar-refractivity contribution >= 4 is 17.5 Å². The van der Waals surface area contributed by atoms with Crippen LogP contribution in [0.15, 0.2) is 97.2 Å². The van der Waals surface area contributed by atoms with E-state index in [9.17, 15) is 9.18 Å². The number of para-hydroxylation sites is 1. The van der Waals surface area contributed by atoms with Gasteiger partial charge in [-0.3, -0.25) is 4.79 Å². The minimum atomic E-state index is -0.899. The number of nitrogens with one attached hydrogen (secondary N) is 3. The zero-order valence-electron chi connectivity index (χ0n) is 23.8. The highest BCUT2D eigenvalue weighted by molar-refractivity contribution is 5.95. The SMILES string of the molecule is CC(Nc1nccc(-c2[nH]c(C3OCC(C)(C(=O)Nc4ccccc4)CO3)nc2-c2ccc(F)cc2)n1)c1ccccc1. The Morgan fingerprint density at radius 1 is 0.953 bits per heavy atom. The van der Waals surface area contributed by atoms with E-state index in [4.69, 9.17) is 19.4 Å². The van der Waals surface area contributed by atoms with Crippen molar-refractivity contribution in [2.75, 3.05) is 23.8 Å². The molecule has 1 unspecified atom stereocenters. The molecular formula is C33H31FN6O3. The monoisotopic (exact) mass is 578 g/mol. The van der Waals surface area contributed by atoms with Crippen LogP contribution in [0.2, 0.25) is 0 Å². The minimum Gasteiger partial charge on any atom is -0.348 e. The average molecular weight is 579 g/mol. The van der Waals surface area contributed by atoms with Crippen LogP contribution in [-0.2, 0) is 14.3 Å². The summed E-state index contributed by atoms with van der Waals surface area (Å²) in [6.45, 7) is 4.08. The van der Waals surface area contributed by atoms with Gasteiger partial charge in [0.05, 0.1) is 41.8 Å². The van der Waals surface area contributed by atoms with Gasteiger partial charge in [0.25, 0.3) is 0 Å². The lowest BCUT2D eigenvalue weighted by Crippen LogP contribution is -2.45. The molecule has 0 aliphatic carbocycles. The fourth-order valence-corrected chi connectivity index (χ4v) is 4.79. The lowest BCUT2D eigenvalue weighted by atomic mass is 9.91. The highest BCUT2D eigenvalue weighted by Gasteiger charge is 2.41. The number of anilines is 2. The van der Waals surface area contributed by atoms with Gasteiger partial charge in [-0.05, 0) is 61.9 Å². The standard InChI is InChI=1S/C33H31FN6O3/c1-21(22-9-5-3-6-10-22)36-32-35-18-17-26(38-32)28-27(23-13-15-24(34)16-14-23)39-29(40-28)30-42-19-33(2,20-43-30)31(41)37-25-11-7-4-8-12-25/h3-18,21,30H,19-20H2,1-2H3,(H,37,41)(H,39,40)(H,35,36,38). The van der Waals surface area contributed by atoms with Gasteiger partial charge in [-0.25, -0.2) is 19.3 Å². The molecule has 1 aliphatic heterocycles. The lowest BCUT2D eigenvalue weighted by Gasteiger charge is -2.35. The maximum absolute atomic E-state index is 13.8. The van der Waals surface area contributed by atoms with Crippen molar-refractivity contribution in [1.82, 2.24) is 19.9 Å². The number of halogens is 1. The first kappa shape index (κ1) is 28.2. The quantitative estimate of drug-likeness (QED) is 0.192. The highest BCUT2D eigenvalue weighted by Crippen LogP contribution is 2.36. The van der Waals surface area contributed by atoms with Crippen molar-refractivity contribution < 1.29 is 18.7 Å². The molecule has 3 heterocycles. The van der Waals surface area contributed by atoms with Crippen molar-refractivity contribution in [1.29, 1.82) is 0 Å². The van der Waals surface area contributed by atoms with Crippen molar-refractivity contribution in [2.24, 2.45) is 5.41 Å². The van der Waals surface area contributed by atoms with Gasteiger partial charge in [0.2, 0.25) is 18.1 Å². The molecule has 0 spiro atoms. The van der Waals surface area contributed by atoms with Crippen LogP contribution in [0, 0.1) is 11.2 Å². The van der Waals surface area contributed by atoms with E-state index in [1.54, 1.807) is 31.3 Å². The van der Waals surface area contributed by atoms with E-state index < -0.39 is 11.7 Å². The molecule has 218 valence electrons. The molecular weight excluding hydrogens is 547 g/mol. The molecule has 10 heteroatoms. The summed E-state index contributed by atoms with van der Waals surface area (Å²) < 4.78 is 25.9. The first-order valence-electron chi connectivity index (χ1n) is 14.0. The van der Waals surface area contributed by atoms with Gasteiger partial charge in [0.1, 0.15) is 5.82 Å². The molecule has 9 nitrogen and oxygen atoms in total. The molecule has 1 saturated heterocycles. The van der Waals surface area contributed by atoms with Crippen LogP contribution in [0.3, 0.4) is 0 Å². The fraction of sp³-hybridized carbons (Fsp3) is 0.212. The van der Waals surface area contributed by atoms with Crippen LogP contribution in [0.1, 0.15) is 37.6 Å². The van der Waals surface area contributed by atoms with Gasteiger partial charge < -0.3 is 25.1 Å². The first-order chi connectivity index (χ1) is 20.9. The number of nitrogens with zero attached hydrogens (tertiary/aromatic N) is 3. The number of hydrogen-bond donors (Lipinski definition) is 3. The molecule has 0 saturated carbocycles. The molecule has 43 heavy (non-hydrogen) atoms. The summed E-state index contributed by atoms with van der Waals surface area (Å²) in [5.41, 5.74) is 3.33. The molecule has 1 fully saturated rings. The summed E-state index contributed by atoms with van der Waals surface area (Å²) in [4.78, 5) is 30.3. The summed E-state index contributed by atoms with van der Waals surface area (Å²) in [5, 5.41) is 6.27. The van der Waals surface area contributed by atoms with Gasteiger partial charge in [0.15, 0.2) is 5.82 Å². The predicted octanol–water partition coefficient (Wildman–Crippen LogP) is 6.54. The van der Waals surface area contributed by atoms with Gasteiger partial charge in [0, 0.05) is 17.4 Å². The molecule has 6 rings (SSSR count). The fourth-order valence-electron chi connectivity index (χ4n) is 4.79. The van der Waals surface area contributed by atoms with Crippen LogP contribution in [0.25, 0.3) is 22.6 Å². The molecule has 0 radical (unpaired) electrons. The topological polar surface area (TPSA) is 114 Å². The largest absolute Gasteiger partial charge is 0.348 e. The second kappa shape index (κ2) is 12.1. The van der Waals surface area contributed by atoms with E-state index in [-0.39, 0.29) is 31.0 Å². The summed E-state index contributed by atoms with van der Waals surface area (Å²) in [6, 6.07) is 27.1. The van der Waals surface area contributed by atoms with E-state index >= 15 is 0 Å². The molecule has 5 aromatic rings. The zero-order valence-corrected chi connectivity index (χ0v) is 23.8. The van der Waals surface area contributed by atoms with E-state index in [0.29, 0.717) is 40.1 Å². The Morgan fingerprint density at radius 2 is 1.63 bits per heavy atom. The van der Waals surface area contributed by atoms with Crippen LogP contribution < -0.4 is 10.6 Å². The third-order valence-electron chi connectivity index (χ3n) is 7.31. The minimum absolute atomic E-state index is 0.0252. The number of H-pyrrole nitrogens is 1. The van der Waals surface area contributed by atoms with Gasteiger partial charge in [-0.1, -0.05) is 48.5 Å². The van der Waals surface area contributed by atoms with Crippen LogP contribution in [-0.4, -0.2) is 39.1 Å². The predicted molar refractivity (Wildman–Crippen MR) is 161 cm³/mol. The second-order valence-corrected chi connectivity index (χ2v) is 10.7. The summed E-state index contributed by atoms with van der Waals surface area (Å²) in [5.74, 6) is 0.303. The number of aromatic amines is 1. The highest BCUT2D eigenvalue weighted by atomic mass is 19.1. The molecule has 2 aromatic heterocycles. The normalized spacial score (nSPS) is 19.0. The second-order valence-electron chi connectivity index (χ2n) is 10.7. The van der Waals surface area contributed by atoms with E-state index in [1.165, 1.54) is 12.1 Å². The van der Waals surface area contributed by atoms with E-state index in [1.807, 2.05) is 67.6 Å². The Kier molecular flexibility index (Phi) is 7.95. The number of benzene rings is 3. The van der Waals surface area contributed by atoms with Crippen molar-refractivity contribution in [3.63, 3.8) is 0 Å². The Morgan fingerprint density at radius 3 is 2.33 bits per heavy atom. The third kappa shape index (κ3) is 6.30. The molecule has 1 atom stereocenters. The van der Waals surface area contributed by atoms with Crippen LogP contribution >= 0.6 is 0 Å². The number of carbonyl (C=O) groups excluding carboxylic acids is 1. The number of hydrogen-bond acceptors (Lipinski definition) is 7. The van der Waals surface area contributed by atoms with Gasteiger partial charge >= 0.3 is 0 Å². The summed E-state index contributed by atoms with van der Waals surface area (Å²) in [6.07, 6.45) is 0.824. The number of rotatable bonds is 8. The van der Waals surface area contributed by atoms with Gasteiger partial charge in [-0.2, -0.15) is 0 Å². The van der Waals surface area contributed by atoms with E-state index in [0.717, 1.165) is 5.56 Å². The number of amides is 1. The van der Waals surface area contributed by atoms with Gasteiger partial charge in [-0.15, -0.1) is 0 Å². The van der Waals surface area contributed by atoms with E-state index in [2.05, 4.69) is 20.6 Å².